The summed E-state index contributed by atoms with van der Waals surface area (Å²) in [5.41, 5.74) is 4.27. The Morgan fingerprint density at radius 3 is 2.33 bits per heavy atom. The lowest BCUT2D eigenvalue weighted by atomic mass is 9.90. The van der Waals surface area contributed by atoms with Crippen molar-refractivity contribution in [1.82, 2.24) is 5.32 Å². The predicted molar refractivity (Wildman–Crippen MR) is 79.0 cm³/mol. The van der Waals surface area contributed by atoms with Crippen molar-refractivity contribution in [2.24, 2.45) is 11.8 Å². The molecule has 1 aromatic carbocycles. The van der Waals surface area contributed by atoms with Crippen LogP contribution in [0.1, 0.15) is 42.9 Å². The zero-order valence-electron chi connectivity index (χ0n) is 12.3. The second kappa shape index (κ2) is 5.88. The number of likely N-dealkylation sites (N-methyl/N-ethyl adjacent to an activating group) is 1. The second-order valence-corrected chi connectivity index (χ2v) is 6.27. The van der Waals surface area contributed by atoms with Crippen LogP contribution in [0.2, 0.25) is 0 Å². The summed E-state index contributed by atoms with van der Waals surface area (Å²) in [6.07, 6.45) is 5.39. The molecule has 0 aromatic heterocycles. The van der Waals surface area contributed by atoms with E-state index in [0.717, 1.165) is 11.8 Å². The van der Waals surface area contributed by atoms with E-state index in [1.54, 1.807) is 0 Å². The summed E-state index contributed by atoms with van der Waals surface area (Å²) in [6.45, 7) is 6.79. The van der Waals surface area contributed by atoms with Crippen LogP contribution in [0.25, 0.3) is 0 Å². The molecule has 0 aliphatic heterocycles. The van der Waals surface area contributed by atoms with Gasteiger partial charge in [-0.3, -0.25) is 0 Å². The highest BCUT2D eigenvalue weighted by molar-refractivity contribution is 5.29. The van der Waals surface area contributed by atoms with E-state index in [-0.39, 0.29) is 0 Å². The molecule has 18 heavy (non-hydrogen) atoms. The molecule has 1 aromatic rings. The molecule has 3 atom stereocenters. The summed E-state index contributed by atoms with van der Waals surface area (Å²) in [5, 5.41) is 3.55. The molecule has 1 nitrogen and oxygen atoms in total. The fourth-order valence-corrected chi connectivity index (χ4v) is 3.56. The van der Waals surface area contributed by atoms with Gasteiger partial charge in [-0.15, -0.1) is 0 Å². The van der Waals surface area contributed by atoms with Gasteiger partial charge >= 0.3 is 0 Å². The molecule has 0 spiro atoms. The zero-order valence-corrected chi connectivity index (χ0v) is 12.3. The van der Waals surface area contributed by atoms with E-state index in [9.17, 15) is 0 Å². The lowest BCUT2D eigenvalue weighted by Gasteiger charge is -2.23. The third kappa shape index (κ3) is 3.35. The predicted octanol–water partition coefficient (Wildman–Crippen LogP) is 3.87. The van der Waals surface area contributed by atoms with E-state index in [0.29, 0.717) is 6.04 Å². The van der Waals surface area contributed by atoms with Crippen LogP contribution in [0, 0.1) is 25.7 Å². The minimum Gasteiger partial charge on any atom is -0.316 e. The fraction of sp³-hybridized carbons (Fsp3) is 0.647. The van der Waals surface area contributed by atoms with Gasteiger partial charge in [-0.25, -0.2) is 0 Å². The number of hydrogen-bond acceptors (Lipinski definition) is 1. The molecule has 0 saturated heterocycles. The summed E-state index contributed by atoms with van der Waals surface area (Å²) >= 11 is 0. The van der Waals surface area contributed by atoms with Crippen LogP contribution in [0.3, 0.4) is 0 Å². The third-order valence-corrected chi connectivity index (χ3v) is 4.41. The molecular formula is C17H27N. The van der Waals surface area contributed by atoms with Gasteiger partial charge in [0.25, 0.3) is 0 Å². The number of nitrogens with one attached hydrogen (secondary N) is 1. The standard InChI is InChI=1S/C17H27N/c1-12-5-6-16(10-12)17(18-4)11-15-8-13(2)7-14(3)9-15/h7-9,12,16-18H,5-6,10-11H2,1-4H3. The highest BCUT2D eigenvalue weighted by atomic mass is 14.9. The molecule has 1 aliphatic rings. The van der Waals surface area contributed by atoms with Crippen LogP contribution < -0.4 is 5.32 Å². The van der Waals surface area contributed by atoms with Gasteiger partial charge in [-0.05, 0) is 57.6 Å². The first-order valence-electron chi connectivity index (χ1n) is 7.33. The summed E-state index contributed by atoms with van der Waals surface area (Å²) in [5.74, 6) is 1.79. The minimum atomic E-state index is 0.649. The number of hydrogen-bond donors (Lipinski definition) is 1. The normalized spacial score (nSPS) is 25.3. The van der Waals surface area contributed by atoms with E-state index in [4.69, 9.17) is 0 Å². The Hall–Kier alpha value is -0.820. The molecule has 1 fully saturated rings. The molecule has 1 aliphatic carbocycles. The molecule has 0 bridgehead atoms. The van der Waals surface area contributed by atoms with Crippen LogP contribution >= 0.6 is 0 Å². The van der Waals surface area contributed by atoms with Gasteiger partial charge in [0.2, 0.25) is 0 Å². The van der Waals surface area contributed by atoms with Gasteiger partial charge in [0.1, 0.15) is 0 Å². The molecule has 0 radical (unpaired) electrons. The summed E-state index contributed by atoms with van der Waals surface area (Å²) in [4.78, 5) is 0. The van der Waals surface area contributed by atoms with Crippen molar-refractivity contribution in [3.8, 4) is 0 Å². The Morgan fingerprint density at radius 2 is 1.83 bits per heavy atom. The second-order valence-electron chi connectivity index (χ2n) is 6.27. The molecule has 1 heteroatoms. The Bertz CT molecular complexity index is 376. The van der Waals surface area contributed by atoms with Gasteiger partial charge in [0.15, 0.2) is 0 Å². The molecular weight excluding hydrogens is 218 g/mol. The Balaban J connectivity index is 2.05. The monoisotopic (exact) mass is 245 g/mol. The average Bonchev–Trinajstić information content (AvgIpc) is 2.71. The highest BCUT2D eigenvalue weighted by Gasteiger charge is 2.27. The third-order valence-electron chi connectivity index (χ3n) is 4.41. The molecule has 1 N–H and O–H groups in total. The highest BCUT2D eigenvalue weighted by Crippen LogP contribution is 2.33. The average molecular weight is 245 g/mol. The Kier molecular flexibility index (Phi) is 4.45. The van der Waals surface area contributed by atoms with Crippen molar-refractivity contribution >= 4 is 0 Å². The van der Waals surface area contributed by atoms with Crippen molar-refractivity contribution in [3.63, 3.8) is 0 Å². The SMILES string of the molecule is CNC(Cc1cc(C)cc(C)c1)C1CCC(C)C1. The van der Waals surface area contributed by atoms with E-state index in [2.05, 4.69) is 51.3 Å². The van der Waals surface area contributed by atoms with Crippen molar-refractivity contribution in [2.75, 3.05) is 7.05 Å². The summed E-state index contributed by atoms with van der Waals surface area (Å²) < 4.78 is 0. The van der Waals surface area contributed by atoms with Gasteiger partial charge in [0, 0.05) is 6.04 Å². The van der Waals surface area contributed by atoms with Crippen LogP contribution in [0.4, 0.5) is 0 Å². The first-order chi connectivity index (χ1) is 8.58. The van der Waals surface area contributed by atoms with Crippen LogP contribution in [0.5, 0.6) is 0 Å². The van der Waals surface area contributed by atoms with Crippen molar-refractivity contribution in [3.05, 3.63) is 34.9 Å². The molecule has 1 saturated carbocycles. The summed E-state index contributed by atoms with van der Waals surface area (Å²) in [6, 6.07) is 7.59. The van der Waals surface area contributed by atoms with Crippen LogP contribution in [-0.4, -0.2) is 13.1 Å². The van der Waals surface area contributed by atoms with Gasteiger partial charge in [-0.2, -0.15) is 0 Å². The molecule has 0 heterocycles. The Labute approximate surface area is 112 Å². The molecule has 100 valence electrons. The van der Waals surface area contributed by atoms with E-state index in [1.807, 2.05) is 0 Å². The van der Waals surface area contributed by atoms with Crippen molar-refractivity contribution in [1.29, 1.82) is 0 Å². The molecule has 2 rings (SSSR count). The lowest BCUT2D eigenvalue weighted by molar-refractivity contribution is 0.367. The first-order valence-corrected chi connectivity index (χ1v) is 7.33. The van der Waals surface area contributed by atoms with Gasteiger partial charge in [0.05, 0.1) is 0 Å². The number of benzene rings is 1. The summed E-state index contributed by atoms with van der Waals surface area (Å²) in [7, 11) is 2.12. The Morgan fingerprint density at radius 1 is 1.17 bits per heavy atom. The van der Waals surface area contributed by atoms with Crippen LogP contribution in [0.15, 0.2) is 18.2 Å². The van der Waals surface area contributed by atoms with E-state index in [1.165, 1.54) is 42.4 Å². The maximum absolute atomic E-state index is 3.55. The maximum Gasteiger partial charge on any atom is 0.0133 e. The molecule has 3 unspecified atom stereocenters. The van der Waals surface area contributed by atoms with E-state index >= 15 is 0 Å². The maximum atomic E-state index is 3.55. The van der Waals surface area contributed by atoms with Gasteiger partial charge in [-0.1, -0.05) is 42.7 Å². The smallest absolute Gasteiger partial charge is 0.0133 e. The quantitative estimate of drug-likeness (QED) is 0.849. The largest absolute Gasteiger partial charge is 0.316 e. The van der Waals surface area contributed by atoms with Crippen molar-refractivity contribution < 1.29 is 0 Å². The fourth-order valence-electron chi connectivity index (χ4n) is 3.56. The minimum absolute atomic E-state index is 0.649. The topological polar surface area (TPSA) is 12.0 Å². The number of rotatable bonds is 4. The van der Waals surface area contributed by atoms with Crippen LogP contribution in [-0.2, 0) is 6.42 Å². The zero-order chi connectivity index (χ0) is 13.1. The number of aryl methyl sites for hydroxylation is 2. The first kappa shape index (κ1) is 13.6. The molecule has 0 amide bonds. The van der Waals surface area contributed by atoms with Crippen molar-refractivity contribution in [2.45, 2.75) is 52.5 Å². The van der Waals surface area contributed by atoms with E-state index < -0.39 is 0 Å². The van der Waals surface area contributed by atoms with Gasteiger partial charge < -0.3 is 5.32 Å². The lowest BCUT2D eigenvalue weighted by Crippen LogP contribution is -2.34.